The number of likely N-dealkylation sites (N-methyl/N-ethyl adjacent to an activating group) is 1. The second kappa shape index (κ2) is 29.8. The van der Waals surface area contributed by atoms with Crippen LogP contribution in [-0.4, -0.2) is 70.7 Å². The highest BCUT2D eigenvalue weighted by Crippen LogP contribution is 2.38. The Kier molecular flexibility index (Phi) is 28.8. The molecule has 8 nitrogen and oxygen atoms in total. The molecular weight excluding hydrogens is 589 g/mol. The van der Waals surface area contributed by atoms with Gasteiger partial charge in [0.15, 0.2) is 0 Å². The molecule has 0 amide bonds. The Morgan fingerprint density at radius 2 is 1.24 bits per heavy atom. The summed E-state index contributed by atoms with van der Waals surface area (Å²) in [6, 6.07) is 0. The number of unbranched alkanes of at least 4 members (excludes halogenated alkanes) is 9. The minimum absolute atomic E-state index is 0.0127. The summed E-state index contributed by atoms with van der Waals surface area (Å²) in [5.74, 6) is -0.416. The lowest BCUT2D eigenvalue weighted by Gasteiger charge is -2.28. The SMILES string of the molecule is CC/C=C\C/C=C\C/C=C\C/C=C\CCC(=O)OC(COCCCCCCCCCCCC)COP(=O)([O-])OCC[N+](C)(C)C. The highest BCUT2D eigenvalue weighted by atomic mass is 31.2. The summed E-state index contributed by atoms with van der Waals surface area (Å²) in [5.41, 5.74) is 0. The number of phosphoric ester groups is 1. The van der Waals surface area contributed by atoms with Gasteiger partial charge in [-0.15, -0.1) is 0 Å². The summed E-state index contributed by atoms with van der Waals surface area (Å²) in [5, 5.41) is 0. The highest BCUT2D eigenvalue weighted by Gasteiger charge is 2.20. The van der Waals surface area contributed by atoms with Crippen molar-refractivity contribution in [3.05, 3.63) is 48.6 Å². The molecule has 0 aromatic carbocycles. The molecule has 0 aromatic rings. The van der Waals surface area contributed by atoms with E-state index in [1.165, 1.54) is 51.4 Å². The maximum Gasteiger partial charge on any atom is 0.306 e. The van der Waals surface area contributed by atoms with Crippen molar-refractivity contribution in [1.82, 2.24) is 0 Å². The predicted molar refractivity (Wildman–Crippen MR) is 185 cm³/mol. The third-order valence-electron chi connectivity index (χ3n) is 6.91. The van der Waals surface area contributed by atoms with Gasteiger partial charge in [0, 0.05) is 13.0 Å². The van der Waals surface area contributed by atoms with Crippen molar-refractivity contribution in [3.8, 4) is 0 Å². The molecule has 0 bridgehead atoms. The van der Waals surface area contributed by atoms with Crippen LogP contribution < -0.4 is 4.89 Å². The number of carbonyl (C=O) groups is 1. The Morgan fingerprint density at radius 3 is 1.80 bits per heavy atom. The Morgan fingerprint density at radius 1 is 0.711 bits per heavy atom. The minimum atomic E-state index is -4.53. The van der Waals surface area contributed by atoms with E-state index in [2.05, 4.69) is 50.3 Å². The Balaban J connectivity index is 4.49. The molecule has 0 radical (unpaired) electrons. The van der Waals surface area contributed by atoms with Crippen molar-refractivity contribution >= 4 is 13.8 Å². The van der Waals surface area contributed by atoms with Crippen LogP contribution in [0, 0.1) is 0 Å². The van der Waals surface area contributed by atoms with E-state index in [0.717, 1.165) is 38.5 Å². The zero-order chi connectivity index (χ0) is 33.5. The van der Waals surface area contributed by atoms with Crippen LogP contribution in [0.5, 0.6) is 0 Å². The summed E-state index contributed by atoms with van der Waals surface area (Å²) in [4.78, 5) is 24.8. The van der Waals surface area contributed by atoms with E-state index in [1.54, 1.807) is 0 Å². The fraction of sp³-hybridized carbons (Fsp3) is 0.750. The summed E-state index contributed by atoms with van der Waals surface area (Å²) >= 11 is 0. The van der Waals surface area contributed by atoms with Gasteiger partial charge in [0.25, 0.3) is 7.82 Å². The van der Waals surface area contributed by atoms with Crippen LogP contribution in [-0.2, 0) is 27.9 Å². The standard InChI is InChI=1S/C36H66NO7P/c1-6-8-10-12-14-16-18-19-20-21-23-25-27-29-36(38)44-35(34-43-45(39,40)42-32-30-37(3,4)5)33-41-31-28-26-24-22-17-15-13-11-9-7-2/h8,10,14,16,19-20,23,25,35H,6-7,9,11-13,15,17-18,21-22,24,26-34H2,1-5H3/b10-8-,16-14-,20-19-,25-23-. The van der Waals surface area contributed by atoms with E-state index in [-0.39, 0.29) is 26.2 Å². The monoisotopic (exact) mass is 655 g/mol. The summed E-state index contributed by atoms with van der Waals surface area (Å²) in [6.07, 6.45) is 32.8. The quantitative estimate of drug-likeness (QED) is 0.0243. The number of ether oxygens (including phenoxy) is 2. The molecule has 0 heterocycles. The van der Waals surface area contributed by atoms with E-state index < -0.39 is 19.9 Å². The first-order valence-electron chi connectivity index (χ1n) is 17.4. The lowest BCUT2D eigenvalue weighted by atomic mass is 10.1. The second-order valence-corrected chi connectivity index (χ2v) is 13.9. The summed E-state index contributed by atoms with van der Waals surface area (Å²) in [7, 11) is 1.31. The zero-order valence-electron chi connectivity index (χ0n) is 29.3. The average molecular weight is 656 g/mol. The first-order valence-corrected chi connectivity index (χ1v) is 18.8. The molecule has 0 rings (SSSR count). The Hall–Kier alpha value is -1.54. The van der Waals surface area contributed by atoms with Gasteiger partial charge in [-0.25, -0.2) is 0 Å². The summed E-state index contributed by atoms with van der Waals surface area (Å²) in [6.45, 7) is 5.16. The van der Waals surface area contributed by atoms with E-state index in [1.807, 2.05) is 33.3 Å². The van der Waals surface area contributed by atoms with Gasteiger partial charge in [-0.1, -0.05) is 120 Å². The van der Waals surface area contributed by atoms with Crippen molar-refractivity contribution in [2.24, 2.45) is 0 Å². The lowest BCUT2D eigenvalue weighted by Crippen LogP contribution is -2.37. The molecule has 45 heavy (non-hydrogen) atoms. The largest absolute Gasteiger partial charge is 0.756 e. The Bertz CT molecular complexity index is 864. The molecule has 0 spiro atoms. The molecule has 9 heteroatoms. The van der Waals surface area contributed by atoms with Gasteiger partial charge in [-0.2, -0.15) is 0 Å². The minimum Gasteiger partial charge on any atom is -0.756 e. The van der Waals surface area contributed by atoms with Crippen molar-refractivity contribution in [2.75, 3.05) is 54.1 Å². The van der Waals surface area contributed by atoms with Crippen LogP contribution >= 0.6 is 7.82 Å². The predicted octanol–water partition coefficient (Wildman–Crippen LogP) is 8.63. The molecule has 0 aliphatic rings. The van der Waals surface area contributed by atoms with Gasteiger partial charge in [-0.05, 0) is 38.5 Å². The zero-order valence-corrected chi connectivity index (χ0v) is 30.2. The highest BCUT2D eigenvalue weighted by molar-refractivity contribution is 7.45. The number of nitrogens with zero attached hydrogens (tertiary/aromatic N) is 1. The second-order valence-electron chi connectivity index (χ2n) is 12.5. The Labute approximate surface area is 276 Å². The number of hydrogen-bond acceptors (Lipinski definition) is 7. The number of esters is 1. The van der Waals surface area contributed by atoms with E-state index in [4.69, 9.17) is 18.5 Å². The van der Waals surface area contributed by atoms with Crippen LogP contribution in [0.1, 0.15) is 117 Å². The number of carbonyl (C=O) groups excluding carboxylic acids is 1. The molecule has 0 aliphatic carbocycles. The molecule has 0 N–H and O–H groups in total. The van der Waals surface area contributed by atoms with Gasteiger partial charge in [0.05, 0.1) is 34.4 Å². The van der Waals surface area contributed by atoms with Gasteiger partial charge >= 0.3 is 5.97 Å². The van der Waals surface area contributed by atoms with Crippen LogP contribution in [0.15, 0.2) is 48.6 Å². The van der Waals surface area contributed by atoms with Crippen LogP contribution in [0.4, 0.5) is 0 Å². The maximum absolute atomic E-state index is 12.5. The molecule has 0 saturated carbocycles. The smallest absolute Gasteiger partial charge is 0.306 e. The molecule has 0 saturated heterocycles. The van der Waals surface area contributed by atoms with Crippen molar-refractivity contribution in [1.29, 1.82) is 0 Å². The van der Waals surface area contributed by atoms with E-state index in [0.29, 0.717) is 24.1 Å². The molecule has 0 aromatic heterocycles. The number of phosphoric acid groups is 1. The number of rotatable bonds is 31. The maximum atomic E-state index is 12.5. The first-order chi connectivity index (χ1) is 21.6. The van der Waals surface area contributed by atoms with E-state index in [9.17, 15) is 14.3 Å². The average Bonchev–Trinajstić information content (AvgIpc) is 2.98. The molecular formula is C36H66NO7P. The van der Waals surface area contributed by atoms with Crippen molar-refractivity contribution in [3.63, 3.8) is 0 Å². The first kappa shape index (κ1) is 43.5. The van der Waals surface area contributed by atoms with Gasteiger partial charge < -0.3 is 27.9 Å². The third-order valence-corrected chi connectivity index (χ3v) is 7.87. The molecule has 0 aliphatic heterocycles. The fourth-order valence-electron chi connectivity index (χ4n) is 4.20. The van der Waals surface area contributed by atoms with Crippen molar-refractivity contribution in [2.45, 2.75) is 123 Å². The van der Waals surface area contributed by atoms with E-state index >= 15 is 0 Å². The lowest BCUT2D eigenvalue weighted by molar-refractivity contribution is -0.870. The summed E-state index contributed by atoms with van der Waals surface area (Å²) < 4.78 is 34.2. The van der Waals surface area contributed by atoms with Crippen LogP contribution in [0.2, 0.25) is 0 Å². The number of quaternary nitrogens is 1. The number of hydrogen-bond donors (Lipinski definition) is 0. The molecule has 2 unspecified atom stereocenters. The van der Waals surface area contributed by atoms with Gasteiger partial charge in [-0.3, -0.25) is 9.36 Å². The van der Waals surface area contributed by atoms with Crippen LogP contribution in [0.3, 0.4) is 0 Å². The third kappa shape index (κ3) is 33.6. The molecule has 262 valence electrons. The van der Waals surface area contributed by atoms with Crippen molar-refractivity contribution < 1.29 is 37.3 Å². The normalized spacial score (nSPS) is 14.7. The molecule has 2 atom stereocenters. The topological polar surface area (TPSA) is 94.1 Å². The van der Waals surface area contributed by atoms with Gasteiger partial charge in [0.2, 0.25) is 0 Å². The van der Waals surface area contributed by atoms with Crippen LogP contribution in [0.25, 0.3) is 0 Å². The fourth-order valence-corrected chi connectivity index (χ4v) is 4.93. The molecule has 0 fully saturated rings. The number of allylic oxidation sites excluding steroid dienone is 8. The van der Waals surface area contributed by atoms with Gasteiger partial charge in [0.1, 0.15) is 19.3 Å².